The van der Waals surface area contributed by atoms with E-state index in [-0.39, 0.29) is 0 Å². The van der Waals surface area contributed by atoms with Crippen molar-refractivity contribution in [1.82, 2.24) is 9.88 Å². The van der Waals surface area contributed by atoms with Crippen molar-refractivity contribution < 1.29 is 4.42 Å². The summed E-state index contributed by atoms with van der Waals surface area (Å²) in [6.07, 6.45) is 0. The summed E-state index contributed by atoms with van der Waals surface area (Å²) in [5, 5.41) is 0. The van der Waals surface area contributed by atoms with Crippen molar-refractivity contribution in [3.63, 3.8) is 0 Å². The van der Waals surface area contributed by atoms with Crippen molar-refractivity contribution in [3.05, 3.63) is 24.3 Å². The van der Waals surface area contributed by atoms with Crippen LogP contribution in [0.4, 0.5) is 6.01 Å². The van der Waals surface area contributed by atoms with E-state index in [0.717, 1.165) is 43.3 Å². The predicted octanol–water partition coefficient (Wildman–Crippen LogP) is 2.36. The third kappa shape index (κ3) is 2.08. The molecule has 2 aromatic rings. The fraction of sp³-hybridized carbons (Fsp3) is 0.500. The first-order valence-electron chi connectivity index (χ1n) is 6.58. The monoisotopic (exact) mass is 245 g/mol. The predicted molar refractivity (Wildman–Crippen MR) is 72.9 cm³/mol. The number of hydrogen-bond donors (Lipinski definition) is 0. The van der Waals surface area contributed by atoms with E-state index in [9.17, 15) is 0 Å². The zero-order valence-electron chi connectivity index (χ0n) is 11.0. The number of rotatable bonds is 2. The van der Waals surface area contributed by atoms with Crippen LogP contribution in [0.1, 0.15) is 13.8 Å². The molecule has 3 rings (SSSR count). The SMILES string of the molecule is CC(C)N1CCN(c2nc3ccccc3o2)CC1. The number of piperazine rings is 1. The van der Waals surface area contributed by atoms with E-state index in [1.54, 1.807) is 0 Å². The quantitative estimate of drug-likeness (QED) is 0.813. The van der Waals surface area contributed by atoms with Crippen LogP contribution in [-0.2, 0) is 0 Å². The largest absolute Gasteiger partial charge is 0.423 e. The summed E-state index contributed by atoms with van der Waals surface area (Å²) >= 11 is 0. The Morgan fingerprint density at radius 1 is 1.11 bits per heavy atom. The van der Waals surface area contributed by atoms with E-state index in [4.69, 9.17) is 4.42 Å². The summed E-state index contributed by atoms with van der Waals surface area (Å²) in [4.78, 5) is 9.27. The van der Waals surface area contributed by atoms with E-state index in [2.05, 4.69) is 28.6 Å². The lowest BCUT2D eigenvalue weighted by Crippen LogP contribution is -2.49. The topological polar surface area (TPSA) is 32.5 Å². The molecule has 1 aliphatic rings. The van der Waals surface area contributed by atoms with Crippen LogP contribution in [-0.4, -0.2) is 42.1 Å². The zero-order valence-corrected chi connectivity index (χ0v) is 11.0. The molecule has 0 radical (unpaired) electrons. The number of hydrogen-bond acceptors (Lipinski definition) is 4. The highest BCUT2D eigenvalue weighted by atomic mass is 16.4. The molecule has 0 atom stereocenters. The maximum atomic E-state index is 5.80. The molecule has 2 heterocycles. The standard InChI is InChI=1S/C14H19N3O/c1-11(2)16-7-9-17(10-8-16)14-15-12-5-3-4-6-13(12)18-14/h3-6,11H,7-10H2,1-2H3. The molecule has 1 aromatic heterocycles. The van der Waals surface area contributed by atoms with E-state index in [1.807, 2.05) is 24.3 Å². The van der Waals surface area contributed by atoms with Gasteiger partial charge in [-0.1, -0.05) is 12.1 Å². The number of fused-ring (bicyclic) bond motifs is 1. The Hall–Kier alpha value is -1.55. The van der Waals surface area contributed by atoms with Gasteiger partial charge in [0, 0.05) is 32.2 Å². The Kier molecular flexibility index (Phi) is 2.96. The van der Waals surface area contributed by atoms with Crippen molar-refractivity contribution in [3.8, 4) is 0 Å². The minimum Gasteiger partial charge on any atom is -0.423 e. The summed E-state index contributed by atoms with van der Waals surface area (Å²) in [6, 6.07) is 9.32. The lowest BCUT2D eigenvalue weighted by atomic mass is 10.2. The van der Waals surface area contributed by atoms with Gasteiger partial charge in [-0.25, -0.2) is 0 Å². The third-order valence-electron chi connectivity index (χ3n) is 3.60. The van der Waals surface area contributed by atoms with Crippen molar-refractivity contribution in [2.45, 2.75) is 19.9 Å². The lowest BCUT2D eigenvalue weighted by molar-refractivity contribution is 0.206. The van der Waals surface area contributed by atoms with Crippen LogP contribution in [0.25, 0.3) is 11.1 Å². The summed E-state index contributed by atoms with van der Waals surface area (Å²) in [5.74, 6) is 0. The summed E-state index contributed by atoms with van der Waals surface area (Å²) in [6.45, 7) is 8.63. The maximum absolute atomic E-state index is 5.80. The smallest absolute Gasteiger partial charge is 0.298 e. The number of aromatic nitrogens is 1. The van der Waals surface area contributed by atoms with E-state index in [1.165, 1.54) is 0 Å². The first kappa shape index (κ1) is 11.5. The number of para-hydroxylation sites is 2. The first-order valence-corrected chi connectivity index (χ1v) is 6.58. The van der Waals surface area contributed by atoms with E-state index < -0.39 is 0 Å². The molecule has 0 unspecified atom stereocenters. The van der Waals surface area contributed by atoms with Crippen molar-refractivity contribution in [2.24, 2.45) is 0 Å². The summed E-state index contributed by atoms with van der Waals surface area (Å²) in [7, 11) is 0. The average molecular weight is 245 g/mol. The molecule has 4 heteroatoms. The fourth-order valence-corrected chi connectivity index (χ4v) is 2.42. The van der Waals surface area contributed by atoms with Gasteiger partial charge in [0.05, 0.1) is 0 Å². The molecular formula is C14H19N3O. The number of nitrogens with zero attached hydrogens (tertiary/aromatic N) is 3. The second kappa shape index (κ2) is 4.61. The Labute approximate surface area is 107 Å². The van der Waals surface area contributed by atoms with Gasteiger partial charge in [-0.05, 0) is 26.0 Å². The van der Waals surface area contributed by atoms with Crippen LogP contribution in [0.5, 0.6) is 0 Å². The third-order valence-corrected chi connectivity index (χ3v) is 3.60. The molecule has 0 bridgehead atoms. The highest BCUT2D eigenvalue weighted by molar-refractivity contribution is 5.74. The molecule has 1 saturated heterocycles. The molecule has 1 aliphatic heterocycles. The Morgan fingerprint density at radius 3 is 2.50 bits per heavy atom. The lowest BCUT2D eigenvalue weighted by Gasteiger charge is -2.36. The summed E-state index contributed by atoms with van der Waals surface area (Å²) < 4.78 is 5.80. The van der Waals surface area contributed by atoms with Gasteiger partial charge in [-0.15, -0.1) is 0 Å². The first-order chi connectivity index (χ1) is 8.74. The van der Waals surface area contributed by atoms with Gasteiger partial charge in [0.2, 0.25) is 0 Å². The number of benzene rings is 1. The van der Waals surface area contributed by atoms with Crippen LogP contribution in [0.2, 0.25) is 0 Å². The molecule has 96 valence electrons. The van der Waals surface area contributed by atoms with Crippen LogP contribution in [0.15, 0.2) is 28.7 Å². The zero-order chi connectivity index (χ0) is 12.5. The molecule has 18 heavy (non-hydrogen) atoms. The Bertz CT molecular complexity index is 494. The number of oxazole rings is 1. The Balaban J connectivity index is 1.76. The van der Waals surface area contributed by atoms with Crippen molar-refractivity contribution in [2.75, 3.05) is 31.1 Å². The van der Waals surface area contributed by atoms with Crippen LogP contribution in [0.3, 0.4) is 0 Å². The second-order valence-corrected chi connectivity index (χ2v) is 5.08. The van der Waals surface area contributed by atoms with Gasteiger partial charge < -0.3 is 9.32 Å². The fourth-order valence-electron chi connectivity index (χ4n) is 2.42. The minimum absolute atomic E-state index is 0.621. The normalized spacial score (nSPS) is 17.8. The van der Waals surface area contributed by atoms with Crippen LogP contribution in [0, 0.1) is 0 Å². The molecule has 0 spiro atoms. The van der Waals surface area contributed by atoms with Crippen LogP contribution >= 0.6 is 0 Å². The molecule has 1 aromatic carbocycles. The molecule has 0 N–H and O–H groups in total. The second-order valence-electron chi connectivity index (χ2n) is 5.08. The maximum Gasteiger partial charge on any atom is 0.298 e. The van der Waals surface area contributed by atoms with E-state index in [0.29, 0.717) is 6.04 Å². The molecule has 0 aliphatic carbocycles. The average Bonchev–Trinajstić information content (AvgIpc) is 2.82. The van der Waals surface area contributed by atoms with E-state index >= 15 is 0 Å². The van der Waals surface area contributed by atoms with Gasteiger partial charge in [0.25, 0.3) is 6.01 Å². The van der Waals surface area contributed by atoms with Gasteiger partial charge in [-0.2, -0.15) is 4.98 Å². The van der Waals surface area contributed by atoms with Crippen molar-refractivity contribution >= 4 is 17.1 Å². The van der Waals surface area contributed by atoms with Gasteiger partial charge >= 0.3 is 0 Å². The molecule has 0 amide bonds. The number of anilines is 1. The highest BCUT2D eigenvalue weighted by Gasteiger charge is 2.22. The molecule has 1 fully saturated rings. The van der Waals surface area contributed by atoms with Crippen LogP contribution < -0.4 is 4.90 Å². The molecular weight excluding hydrogens is 226 g/mol. The van der Waals surface area contributed by atoms with Gasteiger partial charge in [0.1, 0.15) is 5.52 Å². The summed E-state index contributed by atoms with van der Waals surface area (Å²) in [5.41, 5.74) is 1.82. The minimum atomic E-state index is 0.621. The van der Waals surface area contributed by atoms with Gasteiger partial charge in [0.15, 0.2) is 5.58 Å². The molecule has 4 nitrogen and oxygen atoms in total. The highest BCUT2D eigenvalue weighted by Crippen LogP contribution is 2.22. The Morgan fingerprint density at radius 2 is 1.83 bits per heavy atom. The molecule has 0 saturated carbocycles. The van der Waals surface area contributed by atoms with Crippen molar-refractivity contribution in [1.29, 1.82) is 0 Å². The van der Waals surface area contributed by atoms with Gasteiger partial charge in [-0.3, -0.25) is 4.90 Å².